The molecule has 0 aliphatic heterocycles. The van der Waals surface area contributed by atoms with Gasteiger partial charge in [-0.25, -0.2) is 0 Å². The summed E-state index contributed by atoms with van der Waals surface area (Å²) in [6.45, 7) is 7.43. The van der Waals surface area contributed by atoms with Gasteiger partial charge in [-0.2, -0.15) is 5.10 Å². The molecule has 2 aromatic rings. The van der Waals surface area contributed by atoms with Crippen LogP contribution in [0.25, 0.3) is 0 Å². The zero-order valence-corrected chi connectivity index (χ0v) is 14.5. The summed E-state index contributed by atoms with van der Waals surface area (Å²) in [6, 6.07) is 1.96. The number of amides is 1. The molecule has 108 valence electrons. The average Bonchev–Trinajstić information content (AvgIpc) is 2.93. The maximum atomic E-state index is 12.4. The minimum Gasteiger partial charge on any atom is -0.335 e. The number of hydrogen-bond acceptors (Lipinski definition) is 3. The van der Waals surface area contributed by atoms with Crippen molar-refractivity contribution in [1.29, 1.82) is 0 Å². The second-order valence-corrected chi connectivity index (χ2v) is 6.90. The van der Waals surface area contributed by atoms with Gasteiger partial charge in [0.25, 0.3) is 5.91 Å². The molecule has 0 aliphatic carbocycles. The first-order chi connectivity index (χ1) is 9.42. The van der Waals surface area contributed by atoms with E-state index in [0.29, 0.717) is 6.54 Å². The molecule has 0 aliphatic rings. The van der Waals surface area contributed by atoms with Gasteiger partial charge in [-0.05, 0) is 48.3 Å². The fourth-order valence-electron chi connectivity index (χ4n) is 1.87. The number of rotatable bonds is 4. The van der Waals surface area contributed by atoms with Crippen molar-refractivity contribution in [2.45, 2.75) is 33.9 Å². The van der Waals surface area contributed by atoms with E-state index in [2.05, 4.69) is 21.0 Å². The Labute approximate surface area is 131 Å². The molecule has 2 aromatic heterocycles. The lowest BCUT2D eigenvalue weighted by atomic mass is 10.2. The number of thiophene rings is 1. The molecule has 0 unspecified atom stereocenters. The zero-order chi connectivity index (χ0) is 14.9. The van der Waals surface area contributed by atoms with Gasteiger partial charge < -0.3 is 4.90 Å². The molecule has 0 aromatic carbocycles. The molecule has 0 atom stereocenters. The highest BCUT2D eigenvalue weighted by Crippen LogP contribution is 2.23. The smallest absolute Gasteiger partial charge is 0.264 e. The lowest BCUT2D eigenvalue weighted by molar-refractivity contribution is 0.0787. The molecule has 2 rings (SSSR count). The van der Waals surface area contributed by atoms with E-state index in [4.69, 9.17) is 0 Å². The van der Waals surface area contributed by atoms with Crippen LogP contribution in [-0.2, 0) is 13.1 Å². The van der Waals surface area contributed by atoms with E-state index in [-0.39, 0.29) is 5.91 Å². The topological polar surface area (TPSA) is 38.1 Å². The molecule has 0 bridgehead atoms. The van der Waals surface area contributed by atoms with E-state index in [0.717, 1.165) is 21.6 Å². The van der Waals surface area contributed by atoms with Gasteiger partial charge in [-0.3, -0.25) is 9.48 Å². The van der Waals surface area contributed by atoms with Crippen LogP contribution >= 0.6 is 27.3 Å². The summed E-state index contributed by atoms with van der Waals surface area (Å²) in [5.41, 5.74) is 2.05. The predicted molar refractivity (Wildman–Crippen MR) is 85.2 cm³/mol. The Morgan fingerprint density at radius 3 is 2.70 bits per heavy atom. The van der Waals surface area contributed by atoms with E-state index in [1.165, 1.54) is 10.4 Å². The third kappa shape index (κ3) is 3.12. The van der Waals surface area contributed by atoms with Gasteiger partial charge in [-0.15, -0.1) is 11.3 Å². The van der Waals surface area contributed by atoms with Crippen LogP contribution in [0.3, 0.4) is 0 Å². The maximum Gasteiger partial charge on any atom is 0.264 e. The fraction of sp³-hybridized carbons (Fsp3) is 0.429. The zero-order valence-electron chi connectivity index (χ0n) is 12.1. The molecule has 0 spiro atoms. The number of halogens is 1. The summed E-state index contributed by atoms with van der Waals surface area (Å²) < 4.78 is 2.80. The normalized spacial score (nSPS) is 10.8. The van der Waals surface area contributed by atoms with Crippen molar-refractivity contribution >= 4 is 33.2 Å². The van der Waals surface area contributed by atoms with Crippen molar-refractivity contribution < 1.29 is 4.79 Å². The molecule has 4 nitrogen and oxygen atoms in total. The van der Waals surface area contributed by atoms with E-state index >= 15 is 0 Å². The van der Waals surface area contributed by atoms with Crippen molar-refractivity contribution in [3.63, 3.8) is 0 Å². The summed E-state index contributed by atoms with van der Waals surface area (Å²) in [5.74, 6) is 0.0455. The standard InChI is InChI=1S/C14H18BrN3OS/c1-5-18-7-11(15)12(16-18)8-17(4)14(19)13-6-9(2)10(3)20-13/h6-7H,5,8H2,1-4H3. The molecule has 0 saturated heterocycles. The monoisotopic (exact) mass is 355 g/mol. The maximum absolute atomic E-state index is 12.4. The second kappa shape index (κ2) is 6.10. The van der Waals surface area contributed by atoms with Crippen molar-refractivity contribution in [2.75, 3.05) is 7.05 Å². The number of nitrogens with zero attached hydrogens (tertiary/aromatic N) is 3. The average molecular weight is 356 g/mol. The Balaban J connectivity index is 2.12. The quantitative estimate of drug-likeness (QED) is 0.839. The summed E-state index contributed by atoms with van der Waals surface area (Å²) in [5, 5.41) is 4.45. The molecule has 20 heavy (non-hydrogen) atoms. The summed E-state index contributed by atoms with van der Waals surface area (Å²) in [6.07, 6.45) is 1.94. The highest BCUT2D eigenvalue weighted by Gasteiger charge is 2.17. The highest BCUT2D eigenvalue weighted by atomic mass is 79.9. The van der Waals surface area contributed by atoms with Crippen LogP contribution in [0.15, 0.2) is 16.7 Å². The van der Waals surface area contributed by atoms with Gasteiger partial charge >= 0.3 is 0 Å². The summed E-state index contributed by atoms with van der Waals surface area (Å²) >= 11 is 5.04. The molecular formula is C14H18BrN3OS. The number of carbonyl (C=O) groups is 1. The molecule has 0 radical (unpaired) electrons. The van der Waals surface area contributed by atoms with Crippen LogP contribution in [0.2, 0.25) is 0 Å². The first-order valence-corrected chi connectivity index (χ1v) is 8.07. The van der Waals surface area contributed by atoms with Crippen LogP contribution in [0.4, 0.5) is 0 Å². The molecular weight excluding hydrogens is 338 g/mol. The minimum atomic E-state index is 0.0455. The molecule has 0 saturated carbocycles. The van der Waals surface area contributed by atoms with Crippen LogP contribution in [0, 0.1) is 13.8 Å². The van der Waals surface area contributed by atoms with Crippen molar-refractivity contribution in [1.82, 2.24) is 14.7 Å². The molecule has 1 amide bonds. The van der Waals surface area contributed by atoms with E-state index in [1.807, 2.05) is 44.8 Å². The Hall–Kier alpha value is -1.14. The Morgan fingerprint density at radius 2 is 2.20 bits per heavy atom. The third-order valence-electron chi connectivity index (χ3n) is 3.22. The Morgan fingerprint density at radius 1 is 1.50 bits per heavy atom. The largest absolute Gasteiger partial charge is 0.335 e. The van der Waals surface area contributed by atoms with E-state index < -0.39 is 0 Å². The van der Waals surface area contributed by atoms with Crippen LogP contribution < -0.4 is 0 Å². The van der Waals surface area contributed by atoms with Gasteiger partial charge in [0, 0.05) is 24.7 Å². The second-order valence-electron chi connectivity index (χ2n) is 4.79. The number of aryl methyl sites for hydroxylation is 3. The first-order valence-electron chi connectivity index (χ1n) is 6.46. The van der Waals surface area contributed by atoms with Gasteiger partial charge in [-0.1, -0.05) is 0 Å². The third-order valence-corrected chi connectivity index (χ3v) is 5.02. The van der Waals surface area contributed by atoms with Crippen LogP contribution in [-0.4, -0.2) is 27.6 Å². The summed E-state index contributed by atoms with van der Waals surface area (Å²) in [7, 11) is 1.81. The predicted octanol–water partition coefficient (Wildman–Crippen LogP) is 3.62. The first kappa shape index (κ1) is 15.3. The van der Waals surface area contributed by atoms with Gasteiger partial charge in [0.15, 0.2) is 0 Å². The van der Waals surface area contributed by atoms with Crippen molar-refractivity contribution in [2.24, 2.45) is 0 Å². The van der Waals surface area contributed by atoms with E-state index in [1.54, 1.807) is 16.2 Å². The minimum absolute atomic E-state index is 0.0455. The van der Waals surface area contributed by atoms with Crippen molar-refractivity contribution in [3.05, 3.63) is 37.7 Å². The fourth-order valence-corrected chi connectivity index (χ4v) is 3.34. The molecule has 0 fully saturated rings. The lowest BCUT2D eigenvalue weighted by Gasteiger charge is -2.15. The highest BCUT2D eigenvalue weighted by molar-refractivity contribution is 9.10. The van der Waals surface area contributed by atoms with Gasteiger partial charge in [0.2, 0.25) is 0 Å². The van der Waals surface area contributed by atoms with E-state index in [9.17, 15) is 4.79 Å². The lowest BCUT2D eigenvalue weighted by Crippen LogP contribution is -2.25. The molecule has 0 N–H and O–H groups in total. The van der Waals surface area contributed by atoms with Crippen LogP contribution in [0.1, 0.15) is 32.7 Å². The number of carbonyl (C=O) groups excluding carboxylic acids is 1. The number of aromatic nitrogens is 2. The Kier molecular flexibility index (Phi) is 4.65. The number of hydrogen-bond donors (Lipinski definition) is 0. The molecule has 6 heteroatoms. The molecule has 2 heterocycles. The summed E-state index contributed by atoms with van der Waals surface area (Å²) in [4.78, 5) is 16.1. The Bertz CT molecular complexity index is 613. The van der Waals surface area contributed by atoms with Gasteiger partial charge in [0.05, 0.1) is 21.6 Å². The SMILES string of the molecule is CCn1cc(Br)c(CN(C)C(=O)c2cc(C)c(C)s2)n1. The van der Waals surface area contributed by atoms with Gasteiger partial charge in [0.1, 0.15) is 0 Å². The van der Waals surface area contributed by atoms with Crippen molar-refractivity contribution in [3.8, 4) is 0 Å². The van der Waals surface area contributed by atoms with Crippen LogP contribution in [0.5, 0.6) is 0 Å².